The number of ether oxygens (including phenoxy) is 2. The summed E-state index contributed by atoms with van der Waals surface area (Å²) in [6.45, 7) is 4.57. The van der Waals surface area contributed by atoms with Gasteiger partial charge in [0, 0.05) is 5.41 Å². The molecule has 1 fully saturated rings. The number of carbonyl (C=O) groups excluding carboxylic acids is 1. The number of alkyl carbamates (subject to hydrolysis) is 1. The largest absolute Gasteiger partial charge is 0.497 e. The summed E-state index contributed by atoms with van der Waals surface area (Å²) in [5.41, 5.74) is 0.940. The van der Waals surface area contributed by atoms with Gasteiger partial charge in [-0.05, 0) is 17.7 Å². The van der Waals surface area contributed by atoms with Crippen molar-refractivity contribution in [3.63, 3.8) is 0 Å². The number of cyclic esters (lactones) is 1. The molecule has 4 heteroatoms. The average molecular weight is 235 g/mol. The minimum atomic E-state index is -0.356. The Labute approximate surface area is 101 Å². The Morgan fingerprint density at radius 3 is 2.59 bits per heavy atom. The lowest BCUT2D eigenvalue weighted by molar-refractivity contribution is 0.0387. The summed E-state index contributed by atoms with van der Waals surface area (Å²) in [5, 5.41) is 2.86. The van der Waals surface area contributed by atoms with Gasteiger partial charge in [0.2, 0.25) is 0 Å². The number of amides is 1. The molecule has 1 saturated heterocycles. The minimum Gasteiger partial charge on any atom is -0.497 e. The molecule has 17 heavy (non-hydrogen) atoms. The number of methoxy groups -OCH3 is 1. The molecule has 0 saturated carbocycles. The third-order valence-corrected chi connectivity index (χ3v) is 3.07. The zero-order valence-electron chi connectivity index (χ0n) is 10.3. The highest BCUT2D eigenvalue weighted by molar-refractivity contribution is 5.69. The SMILES string of the molecule is COc1ccc([C@H]2NC(=O)OCC2(C)C)cc1. The maximum absolute atomic E-state index is 11.3. The van der Waals surface area contributed by atoms with Crippen LogP contribution in [0.5, 0.6) is 5.75 Å². The zero-order valence-corrected chi connectivity index (χ0v) is 10.3. The van der Waals surface area contributed by atoms with Crippen molar-refractivity contribution >= 4 is 6.09 Å². The van der Waals surface area contributed by atoms with Gasteiger partial charge in [0.15, 0.2) is 0 Å². The van der Waals surface area contributed by atoms with E-state index in [1.807, 2.05) is 24.3 Å². The molecular formula is C13H17NO3. The van der Waals surface area contributed by atoms with Crippen molar-refractivity contribution < 1.29 is 14.3 Å². The molecule has 1 aromatic rings. The number of carbonyl (C=O) groups is 1. The molecule has 1 aliphatic rings. The van der Waals surface area contributed by atoms with Crippen LogP contribution in [0.3, 0.4) is 0 Å². The van der Waals surface area contributed by atoms with Crippen LogP contribution in [0.25, 0.3) is 0 Å². The van der Waals surface area contributed by atoms with E-state index in [1.165, 1.54) is 0 Å². The predicted molar refractivity (Wildman–Crippen MR) is 64.0 cm³/mol. The Hall–Kier alpha value is -1.71. The lowest BCUT2D eigenvalue weighted by atomic mass is 9.80. The molecule has 0 aromatic heterocycles. The van der Waals surface area contributed by atoms with Gasteiger partial charge in [-0.2, -0.15) is 0 Å². The molecule has 2 rings (SSSR count). The number of nitrogens with one attached hydrogen (secondary N) is 1. The molecule has 1 aliphatic heterocycles. The Kier molecular flexibility index (Phi) is 2.96. The van der Waals surface area contributed by atoms with Crippen LogP contribution in [0.2, 0.25) is 0 Å². The van der Waals surface area contributed by atoms with Gasteiger partial charge < -0.3 is 14.8 Å². The van der Waals surface area contributed by atoms with Crippen LogP contribution in [0, 0.1) is 5.41 Å². The van der Waals surface area contributed by atoms with E-state index in [9.17, 15) is 4.79 Å². The third-order valence-electron chi connectivity index (χ3n) is 3.07. The van der Waals surface area contributed by atoms with Gasteiger partial charge >= 0.3 is 6.09 Å². The normalized spacial score (nSPS) is 22.5. The van der Waals surface area contributed by atoms with Crippen molar-refractivity contribution in [2.75, 3.05) is 13.7 Å². The van der Waals surface area contributed by atoms with Gasteiger partial charge in [0.25, 0.3) is 0 Å². The van der Waals surface area contributed by atoms with Crippen molar-refractivity contribution in [3.05, 3.63) is 29.8 Å². The van der Waals surface area contributed by atoms with Crippen LogP contribution >= 0.6 is 0 Å². The van der Waals surface area contributed by atoms with Crippen molar-refractivity contribution in [2.45, 2.75) is 19.9 Å². The second-order valence-electron chi connectivity index (χ2n) is 4.92. The summed E-state index contributed by atoms with van der Waals surface area (Å²) in [5.74, 6) is 0.810. The van der Waals surface area contributed by atoms with Crippen LogP contribution in [-0.4, -0.2) is 19.8 Å². The summed E-state index contributed by atoms with van der Waals surface area (Å²) in [6, 6.07) is 7.70. The summed E-state index contributed by atoms with van der Waals surface area (Å²) in [4.78, 5) is 11.3. The first-order chi connectivity index (χ1) is 8.03. The molecule has 1 amide bonds. The molecule has 1 atom stereocenters. The molecule has 1 heterocycles. The number of rotatable bonds is 2. The Balaban J connectivity index is 2.26. The third kappa shape index (κ3) is 2.35. The Morgan fingerprint density at radius 1 is 1.35 bits per heavy atom. The lowest BCUT2D eigenvalue weighted by Gasteiger charge is -2.38. The number of benzene rings is 1. The first-order valence-corrected chi connectivity index (χ1v) is 5.60. The van der Waals surface area contributed by atoms with Crippen molar-refractivity contribution in [1.29, 1.82) is 0 Å². The lowest BCUT2D eigenvalue weighted by Crippen LogP contribution is -2.46. The van der Waals surface area contributed by atoms with E-state index < -0.39 is 0 Å². The molecule has 0 radical (unpaired) electrons. The van der Waals surface area contributed by atoms with Gasteiger partial charge in [-0.15, -0.1) is 0 Å². The summed E-state index contributed by atoms with van der Waals surface area (Å²) in [7, 11) is 1.63. The number of hydrogen-bond acceptors (Lipinski definition) is 3. The van der Waals surface area contributed by atoms with Crippen LogP contribution in [0.15, 0.2) is 24.3 Å². The molecule has 4 nitrogen and oxygen atoms in total. The number of hydrogen-bond donors (Lipinski definition) is 1. The van der Waals surface area contributed by atoms with Crippen LogP contribution < -0.4 is 10.1 Å². The fourth-order valence-electron chi connectivity index (χ4n) is 2.02. The molecule has 0 unspecified atom stereocenters. The van der Waals surface area contributed by atoms with Gasteiger partial charge in [0.05, 0.1) is 13.2 Å². The molecule has 1 N–H and O–H groups in total. The predicted octanol–water partition coefficient (Wildman–Crippen LogP) is 2.50. The van der Waals surface area contributed by atoms with Gasteiger partial charge in [-0.3, -0.25) is 0 Å². The van der Waals surface area contributed by atoms with Crippen LogP contribution in [0.1, 0.15) is 25.5 Å². The smallest absolute Gasteiger partial charge is 0.407 e. The molecule has 1 aromatic carbocycles. The van der Waals surface area contributed by atoms with E-state index in [-0.39, 0.29) is 17.6 Å². The van der Waals surface area contributed by atoms with Crippen molar-refractivity contribution in [2.24, 2.45) is 5.41 Å². The van der Waals surface area contributed by atoms with Gasteiger partial charge in [-0.1, -0.05) is 26.0 Å². The maximum Gasteiger partial charge on any atom is 0.407 e. The zero-order chi connectivity index (χ0) is 12.5. The second-order valence-corrected chi connectivity index (χ2v) is 4.92. The van der Waals surface area contributed by atoms with Crippen LogP contribution in [0.4, 0.5) is 4.79 Å². The van der Waals surface area contributed by atoms with E-state index >= 15 is 0 Å². The fraction of sp³-hybridized carbons (Fsp3) is 0.462. The van der Waals surface area contributed by atoms with Crippen molar-refractivity contribution in [3.8, 4) is 5.75 Å². The highest BCUT2D eigenvalue weighted by Crippen LogP contribution is 2.36. The second kappa shape index (κ2) is 4.28. The Bertz CT molecular complexity index is 411. The minimum absolute atomic E-state index is 0.0327. The molecular weight excluding hydrogens is 218 g/mol. The molecule has 0 spiro atoms. The molecule has 92 valence electrons. The standard InChI is InChI=1S/C13H17NO3/c1-13(2)8-17-12(15)14-11(13)9-4-6-10(16-3)7-5-9/h4-7,11H,8H2,1-3H3,(H,14,15)/t11-/m1/s1. The van der Waals surface area contributed by atoms with E-state index in [1.54, 1.807) is 7.11 Å². The van der Waals surface area contributed by atoms with E-state index in [2.05, 4.69) is 19.2 Å². The highest BCUT2D eigenvalue weighted by atomic mass is 16.6. The van der Waals surface area contributed by atoms with Gasteiger partial charge in [0.1, 0.15) is 12.4 Å². The van der Waals surface area contributed by atoms with Gasteiger partial charge in [-0.25, -0.2) is 4.79 Å². The van der Waals surface area contributed by atoms with E-state index in [0.29, 0.717) is 6.61 Å². The summed E-state index contributed by atoms with van der Waals surface area (Å²) in [6.07, 6.45) is -0.356. The van der Waals surface area contributed by atoms with E-state index in [4.69, 9.17) is 9.47 Å². The average Bonchev–Trinajstić information content (AvgIpc) is 2.33. The molecule has 0 aliphatic carbocycles. The first-order valence-electron chi connectivity index (χ1n) is 5.60. The van der Waals surface area contributed by atoms with E-state index in [0.717, 1.165) is 11.3 Å². The summed E-state index contributed by atoms with van der Waals surface area (Å²) >= 11 is 0. The molecule has 0 bridgehead atoms. The van der Waals surface area contributed by atoms with Crippen molar-refractivity contribution in [1.82, 2.24) is 5.32 Å². The van der Waals surface area contributed by atoms with Crippen LogP contribution in [-0.2, 0) is 4.74 Å². The quantitative estimate of drug-likeness (QED) is 0.856. The topological polar surface area (TPSA) is 47.6 Å². The first kappa shape index (κ1) is 11.8. The maximum atomic E-state index is 11.3. The fourth-order valence-corrected chi connectivity index (χ4v) is 2.02. The monoisotopic (exact) mass is 235 g/mol. The Morgan fingerprint density at radius 2 is 2.00 bits per heavy atom. The highest BCUT2D eigenvalue weighted by Gasteiger charge is 2.37. The summed E-state index contributed by atoms with van der Waals surface area (Å²) < 4.78 is 10.1.